The van der Waals surface area contributed by atoms with Gasteiger partial charge in [-0.1, -0.05) is 17.7 Å². The Morgan fingerprint density at radius 3 is 2.65 bits per heavy atom. The first-order valence-electron chi connectivity index (χ1n) is 5.94. The molecule has 0 atom stereocenters. The summed E-state index contributed by atoms with van der Waals surface area (Å²) >= 11 is 5.96. The van der Waals surface area contributed by atoms with E-state index in [0.717, 1.165) is 25.9 Å². The lowest BCUT2D eigenvalue weighted by Crippen LogP contribution is -2.36. The second kappa shape index (κ2) is 5.50. The second-order valence-corrected chi connectivity index (χ2v) is 4.78. The molecule has 0 radical (unpaired) electrons. The Kier molecular flexibility index (Phi) is 4.00. The van der Waals surface area contributed by atoms with Crippen molar-refractivity contribution in [1.29, 1.82) is 5.41 Å². The molecule has 1 aliphatic rings. The summed E-state index contributed by atoms with van der Waals surface area (Å²) in [6.07, 6.45) is 3.75. The summed E-state index contributed by atoms with van der Waals surface area (Å²) in [6.45, 7) is 1.82. The van der Waals surface area contributed by atoms with Crippen LogP contribution >= 0.6 is 11.6 Å². The van der Waals surface area contributed by atoms with Gasteiger partial charge in [0, 0.05) is 30.1 Å². The summed E-state index contributed by atoms with van der Waals surface area (Å²) in [5, 5.41) is 8.42. The maximum Gasteiger partial charge on any atom is 0.128 e. The lowest BCUT2D eigenvalue weighted by atomic mass is 10.1. The molecule has 17 heavy (non-hydrogen) atoms. The van der Waals surface area contributed by atoms with Gasteiger partial charge in [0.15, 0.2) is 0 Å². The summed E-state index contributed by atoms with van der Waals surface area (Å²) in [6, 6.07) is 4.65. The molecule has 0 unspecified atom stereocenters. The molecular formula is C13H16ClFN2. The van der Waals surface area contributed by atoms with Gasteiger partial charge < -0.3 is 4.90 Å². The predicted molar refractivity (Wildman–Crippen MR) is 68.3 cm³/mol. The SMILES string of the molecule is N=C(Cc1c(F)cccc1Cl)N1CCCCC1. The largest absolute Gasteiger partial charge is 0.360 e. The van der Waals surface area contributed by atoms with Crippen molar-refractivity contribution in [2.75, 3.05) is 13.1 Å². The fourth-order valence-corrected chi connectivity index (χ4v) is 2.37. The van der Waals surface area contributed by atoms with E-state index in [1.54, 1.807) is 12.1 Å². The number of amidine groups is 1. The fourth-order valence-electron chi connectivity index (χ4n) is 2.14. The maximum atomic E-state index is 13.6. The lowest BCUT2D eigenvalue weighted by molar-refractivity contribution is 0.336. The first-order chi connectivity index (χ1) is 8.18. The summed E-state index contributed by atoms with van der Waals surface area (Å²) < 4.78 is 13.6. The molecule has 0 saturated carbocycles. The molecular weight excluding hydrogens is 239 g/mol. The number of rotatable bonds is 2. The van der Waals surface area contributed by atoms with Crippen LogP contribution in [-0.2, 0) is 6.42 Å². The third kappa shape index (κ3) is 2.97. The molecule has 1 saturated heterocycles. The van der Waals surface area contributed by atoms with Gasteiger partial charge in [0.1, 0.15) is 11.7 Å². The predicted octanol–water partition coefficient (Wildman–Crippen LogP) is 3.48. The van der Waals surface area contributed by atoms with Gasteiger partial charge >= 0.3 is 0 Å². The van der Waals surface area contributed by atoms with E-state index in [1.165, 1.54) is 12.5 Å². The summed E-state index contributed by atoms with van der Waals surface area (Å²) in [4.78, 5) is 2.02. The van der Waals surface area contributed by atoms with Crippen molar-refractivity contribution >= 4 is 17.4 Å². The highest BCUT2D eigenvalue weighted by Crippen LogP contribution is 2.21. The van der Waals surface area contributed by atoms with Crippen LogP contribution in [0.5, 0.6) is 0 Å². The van der Waals surface area contributed by atoms with Gasteiger partial charge in [-0.3, -0.25) is 5.41 Å². The molecule has 2 nitrogen and oxygen atoms in total. The van der Waals surface area contributed by atoms with Gasteiger partial charge in [-0.05, 0) is 31.4 Å². The van der Waals surface area contributed by atoms with Crippen LogP contribution < -0.4 is 0 Å². The molecule has 92 valence electrons. The molecule has 1 N–H and O–H groups in total. The molecule has 1 aromatic rings. The van der Waals surface area contributed by atoms with Crippen molar-refractivity contribution in [1.82, 2.24) is 4.90 Å². The van der Waals surface area contributed by atoms with Gasteiger partial charge in [-0.15, -0.1) is 0 Å². The highest BCUT2D eigenvalue weighted by molar-refractivity contribution is 6.31. The third-order valence-corrected chi connectivity index (χ3v) is 3.50. The van der Waals surface area contributed by atoms with Crippen LogP contribution in [0.25, 0.3) is 0 Å². The lowest BCUT2D eigenvalue weighted by Gasteiger charge is -2.29. The zero-order valence-electron chi connectivity index (χ0n) is 9.68. The second-order valence-electron chi connectivity index (χ2n) is 4.37. The van der Waals surface area contributed by atoms with Gasteiger partial charge in [0.25, 0.3) is 0 Å². The van der Waals surface area contributed by atoms with E-state index in [-0.39, 0.29) is 12.2 Å². The maximum absolute atomic E-state index is 13.6. The number of halogens is 2. The van der Waals surface area contributed by atoms with E-state index < -0.39 is 0 Å². The van der Waals surface area contributed by atoms with E-state index in [0.29, 0.717) is 16.4 Å². The van der Waals surface area contributed by atoms with Crippen molar-refractivity contribution < 1.29 is 4.39 Å². The first-order valence-corrected chi connectivity index (χ1v) is 6.31. The van der Waals surface area contributed by atoms with Crippen LogP contribution in [-0.4, -0.2) is 23.8 Å². The van der Waals surface area contributed by atoms with E-state index in [1.807, 2.05) is 4.90 Å². The van der Waals surface area contributed by atoms with Crippen molar-refractivity contribution in [2.45, 2.75) is 25.7 Å². The van der Waals surface area contributed by atoms with Crippen LogP contribution in [0, 0.1) is 11.2 Å². The number of nitrogens with zero attached hydrogens (tertiary/aromatic N) is 1. The quantitative estimate of drug-likeness (QED) is 0.635. The molecule has 0 amide bonds. The van der Waals surface area contributed by atoms with Crippen molar-refractivity contribution in [2.24, 2.45) is 0 Å². The van der Waals surface area contributed by atoms with Crippen molar-refractivity contribution in [3.8, 4) is 0 Å². The van der Waals surface area contributed by atoms with Crippen LogP contribution in [0.3, 0.4) is 0 Å². The van der Waals surface area contributed by atoms with E-state index in [2.05, 4.69) is 0 Å². The molecule has 0 bridgehead atoms. The number of piperidine rings is 1. The van der Waals surface area contributed by atoms with Crippen LogP contribution in [0.2, 0.25) is 5.02 Å². The summed E-state index contributed by atoms with van der Waals surface area (Å²) in [5.74, 6) is 0.149. The van der Waals surface area contributed by atoms with Gasteiger partial charge in [-0.25, -0.2) is 4.39 Å². The number of likely N-dealkylation sites (tertiary alicyclic amines) is 1. The molecule has 0 aromatic heterocycles. The Hall–Kier alpha value is -1.09. The Bertz CT molecular complexity index is 394. The monoisotopic (exact) mass is 254 g/mol. The Labute approximate surface area is 106 Å². The van der Waals surface area contributed by atoms with Gasteiger partial charge in [-0.2, -0.15) is 0 Å². The van der Waals surface area contributed by atoms with Crippen molar-refractivity contribution in [3.63, 3.8) is 0 Å². The summed E-state index contributed by atoms with van der Waals surface area (Å²) in [5.41, 5.74) is 0.435. The number of hydrogen-bond donors (Lipinski definition) is 1. The Morgan fingerprint density at radius 1 is 1.29 bits per heavy atom. The van der Waals surface area contributed by atoms with E-state index in [9.17, 15) is 4.39 Å². The average molecular weight is 255 g/mol. The van der Waals surface area contributed by atoms with Gasteiger partial charge in [0.05, 0.1) is 0 Å². The van der Waals surface area contributed by atoms with Crippen LogP contribution in [0.4, 0.5) is 4.39 Å². The van der Waals surface area contributed by atoms with Crippen molar-refractivity contribution in [3.05, 3.63) is 34.6 Å². The standard InChI is InChI=1S/C13H16ClFN2/c14-11-5-4-6-12(15)10(11)9-13(16)17-7-2-1-3-8-17/h4-6,16H,1-3,7-9H2. The van der Waals surface area contributed by atoms with Crippen LogP contribution in [0.1, 0.15) is 24.8 Å². The molecule has 1 fully saturated rings. The normalized spacial score (nSPS) is 16.0. The minimum atomic E-state index is -0.320. The van der Waals surface area contributed by atoms with E-state index >= 15 is 0 Å². The fraction of sp³-hybridized carbons (Fsp3) is 0.462. The molecule has 4 heteroatoms. The topological polar surface area (TPSA) is 27.1 Å². The highest BCUT2D eigenvalue weighted by atomic mass is 35.5. The van der Waals surface area contributed by atoms with Crippen LogP contribution in [0.15, 0.2) is 18.2 Å². The third-order valence-electron chi connectivity index (χ3n) is 3.14. The zero-order valence-corrected chi connectivity index (χ0v) is 10.4. The number of benzene rings is 1. The van der Waals surface area contributed by atoms with Gasteiger partial charge in [0.2, 0.25) is 0 Å². The first kappa shape index (κ1) is 12.4. The average Bonchev–Trinajstić information content (AvgIpc) is 2.35. The number of hydrogen-bond acceptors (Lipinski definition) is 1. The Morgan fingerprint density at radius 2 is 2.00 bits per heavy atom. The minimum absolute atomic E-state index is 0.283. The molecule has 0 spiro atoms. The molecule has 1 aromatic carbocycles. The highest BCUT2D eigenvalue weighted by Gasteiger charge is 2.16. The number of nitrogens with one attached hydrogen (secondary N) is 1. The smallest absolute Gasteiger partial charge is 0.128 e. The van der Waals surface area contributed by atoms with E-state index in [4.69, 9.17) is 17.0 Å². The Balaban J connectivity index is 2.07. The molecule has 2 rings (SSSR count). The summed E-state index contributed by atoms with van der Waals surface area (Å²) in [7, 11) is 0. The zero-order chi connectivity index (χ0) is 12.3. The molecule has 1 aliphatic heterocycles. The molecule has 1 heterocycles. The molecule has 0 aliphatic carbocycles. The minimum Gasteiger partial charge on any atom is -0.360 e.